The van der Waals surface area contributed by atoms with E-state index in [-0.39, 0.29) is 0 Å². The molecule has 18 heavy (non-hydrogen) atoms. The maximum Gasteiger partial charge on any atom is 0.250 e. The molecule has 1 nitrogen and oxygen atoms in total. The molecule has 0 aliphatic heterocycles. The molecule has 0 spiro atoms. The quantitative estimate of drug-likeness (QED) is 0.591. The summed E-state index contributed by atoms with van der Waals surface area (Å²) in [5, 5.41) is 0.306. The molecule has 0 aromatic carbocycles. The van der Waals surface area contributed by atoms with Crippen LogP contribution >= 0.6 is 0 Å². The van der Waals surface area contributed by atoms with E-state index in [1.807, 2.05) is 0 Å². The lowest BCUT2D eigenvalue weighted by Crippen LogP contribution is -2.45. The summed E-state index contributed by atoms with van der Waals surface area (Å²) in [7, 11) is -1.70. The van der Waals surface area contributed by atoms with E-state index in [9.17, 15) is 0 Å². The van der Waals surface area contributed by atoms with Crippen LogP contribution in [0.5, 0.6) is 0 Å². The van der Waals surface area contributed by atoms with Crippen molar-refractivity contribution in [1.82, 2.24) is 0 Å². The Morgan fingerprint density at radius 1 is 1.28 bits per heavy atom. The Hall–Kier alpha value is -0.243. The fraction of sp³-hybridized carbons (Fsp3) is 0.875. The Labute approximate surface area is 115 Å². The van der Waals surface area contributed by atoms with Crippen molar-refractivity contribution in [3.8, 4) is 0 Å². The summed E-state index contributed by atoms with van der Waals surface area (Å²) in [6.07, 6.45) is 5.88. The molecule has 106 valence electrons. The zero-order valence-electron chi connectivity index (χ0n) is 13.7. The second-order valence-corrected chi connectivity index (χ2v) is 12.5. The van der Waals surface area contributed by atoms with Crippen molar-refractivity contribution < 1.29 is 4.43 Å². The highest BCUT2D eigenvalue weighted by Gasteiger charge is 2.45. The smallest absolute Gasteiger partial charge is 0.250 e. The van der Waals surface area contributed by atoms with Crippen LogP contribution in [0.3, 0.4) is 0 Å². The average molecular weight is 269 g/mol. The molecule has 0 saturated heterocycles. The van der Waals surface area contributed by atoms with E-state index in [1.165, 1.54) is 12.2 Å². The summed E-state index contributed by atoms with van der Waals surface area (Å²) in [4.78, 5) is 0. The normalized spacial score (nSPS) is 20.8. The molecular weight excluding hydrogens is 236 g/mol. The highest BCUT2D eigenvalue weighted by atomic mass is 28.4. The van der Waals surface area contributed by atoms with E-state index >= 15 is 0 Å². The van der Waals surface area contributed by atoms with Gasteiger partial charge in [-0.1, -0.05) is 41.5 Å². The molecule has 0 fully saturated rings. The van der Waals surface area contributed by atoms with Crippen LogP contribution in [-0.4, -0.2) is 8.32 Å². The van der Waals surface area contributed by atoms with Gasteiger partial charge in [-0.3, -0.25) is 0 Å². The third kappa shape index (κ3) is 3.40. The fourth-order valence-corrected chi connectivity index (χ4v) is 4.80. The summed E-state index contributed by atoms with van der Waals surface area (Å²) in [6, 6.07) is 0. The summed E-state index contributed by atoms with van der Waals surface area (Å²) in [6.45, 7) is 18.8. The van der Waals surface area contributed by atoms with Crippen molar-refractivity contribution >= 4 is 8.32 Å². The van der Waals surface area contributed by atoms with E-state index in [1.54, 1.807) is 0 Å². The first-order valence-corrected chi connectivity index (χ1v) is 10.3. The number of rotatable bonds is 4. The predicted octanol–water partition coefficient (Wildman–Crippen LogP) is 5.74. The highest BCUT2D eigenvalue weighted by molar-refractivity contribution is 6.74. The molecule has 1 aliphatic carbocycles. The van der Waals surface area contributed by atoms with E-state index in [0.29, 0.717) is 16.4 Å². The molecule has 1 rings (SSSR count). The first kappa shape index (κ1) is 15.8. The van der Waals surface area contributed by atoms with Gasteiger partial charge in [0.2, 0.25) is 0 Å². The maximum atomic E-state index is 6.50. The van der Waals surface area contributed by atoms with Gasteiger partial charge in [0.05, 0.1) is 5.76 Å². The molecule has 0 N–H and O–H groups in total. The van der Waals surface area contributed by atoms with Crippen molar-refractivity contribution in [3.05, 3.63) is 11.8 Å². The summed E-state index contributed by atoms with van der Waals surface area (Å²) in [5.74, 6) is 1.93. The Morgan fingerprint density at radius 3 is 2.22 bits per heavy atom. The van der Waals surface area contributed by atoms with E-state index < -0.39 is 8.32 Å². The summed E-state index contributed by atoms with van der Waals surface area (Å²) < 4.78 is 6.50. The van der Waals surface area contributed by atoms with Gasteiger partial charge in [-0.2, -0.15) is 0 Å². The van der Waals surface area contributed by atoms with Crippen LogP contribution in [0.2, 0.25) is 18.1 Å². The zero-order valence-corrected chi connectivity index (χ0v) is 14.7. The summed E-state index contributed by atoms with van der Waals surface area (Å²) >= 11 is 0. The summed E-state index contributed by atoms with van der Waals surface area (Å²) in [5.41, 5.74) is 0.464. The predicted molar refractivity (Wildman–Crippen MR) is 83.2 cm³/mol. The van der Waals surface area contributed by atoms with Crippen molar-refractivity contribution in [2.75, 3.05) is 0 Å². The van der Waals surface area contributed by atoms with E-state index in [4.69, 9.17) is 4.43 Å². The first-order valence-electron chi connectivity index (χ1n) is 7.36. The minimum absolute atomic E-state index is 0.306. The first-order chi connectivity index (χ1) is 7.98. The Morgan fingerprint density at radius 2 is 1.83 bits per heavy atom. The Balaban J connectivity index is 2.76. The number of hydrogen-bond donors (Lipinski definition) is 0. The standard InChI is InChI=1S/C16H32OSi/c1-13(2)16(5,6)18(7,8)17-14-9-11-15(3,4)12-10-14/h9,13H,10-12H2,1-8H3. The molecule has 0 saturated carbocycles. The van der Waals surface area contributed by atoms with Gasteiger partial charge in [0.1, 0.15) is 0 Å². The third-order valence-corrected chi connectivity index (χ3v) is 9.77. The van der Waals surface area contributed by atoms with Crippen LogP contribution < -0.4 is 0 Å². The number of hydrogen-bond acceptors (Lipinski definition) is 1. The van der Waals surface area contributed by atoms with Gasteiger partial charge in [0, 0.05) is 6.42 Å². The largest absolute Gasteiger partial charge is 0.547 e. The molecule has 0 aromatic rings. The van der Waals surface area contributed by atoms with Crippen LogP contribution in [-0.2, 0) is 4.43 Å². The van der Waals surface area contributed by atoms with Crippen molar-refractivity contribution in [1.29, 1.82) is 0 Å². The topological polar surface area (TPSA) is 9.23 Å². The highest BCUT2D eigenvalue weighted by Crippen LogP contribution is 2.46. The van der Waals surface area contributed by atoms with Crippen molar-refractivity contribution in [2.24, 2.45) is 11.3 Å². The minimum Gasteiger partial charge on any atom is -0.547 e. The van der Waals surface area contributed by atoms with Crippen LogP contribution in [0.25, 0.3) is 0 Å². The molecule has 0 amide bonds. The van der Waals surface area contributed by atoms with Crippen LogP contribution in [0.4, 0.5) is 0 Å². The van der Waals surface area contributed by atoms with Crippen LogP contribution in [0.1, 0.15) is 60.8 Å². The zero-order chi connectivity index (χ0) is 14.2. The van der Waals surface area contributed by atoms with E-state index in [0.717, 1.165) is 12.8 Å². The van der Waals surface area contributed by atoms with Gasteiger partial charge in [-0.25, -0.2) is 0 Å². The molecule has 0 unspecified atom stereocenters. The van der Waals surface area contributed by atoms with Gasteiger partial charge in [-0.15, -0.1) is 0 Å². The fourth-order valence-electron chi connectivity index (χ4n) is 2.30. The van der Waals surface area contributed by atoms with Crippen LogP contribution in [0, 0.1) is 11.3 Å². The van der Waals surface area contributed by atoms with E-state index in [2.05, 4.69) is 60.7 Å². The lowest BCUT2D eigenvalue weighted by atomic mass is 9.80. The molecule has 1 aliphatic rings. The van der Waals surface area contributed by atoms with Gasteiger partial charge < -0.3 is 4.43 Å². The number of allylic oxidation sites excluding steroid dienone is 2. The SMILES string of the molecule is CC(C)C(C)(C)[Si](C)(C)OC1=CCC(C)(C)CC1. The second-order valence-electron chi connectivity index (χ2n) is 8.03. The van der Waals surface area contributed by atoms with Gasteiger partial charge in [0.25, 0.3) is 8.32 Å². The monoisotopic (exact) mass is 268 g/mol. The molecular formula is C16H32OSi. The van der Waals surface area contributed by atoms with Crippen molar-refractivity contribution in [2.45, 2.75) is 78.9 Å². The molecule has 0 heterocycles. The third-order valence-electron chi connectivity index (χ3n) is 5.31. The lowest BCUT2D eigenvalue weighted by Gasteiger charge is -2.44. The van der Waals surface area contributed by atoms with Gasteiger partial charge in [-0.05, 0) is 48.4 Å². The Kier molecular flexibility index (Phi) is 4.42. The van der Waals surface area contributed by atoms with Gasteiger partial charge >= 0.3 is 0 Å². The van der Waals surface area contributed by atoms with Gasteiger partial charge in [0.15, 0.2) is 0 Å². The molecule has 0 radical (unpaired) electrons. The molecule has 2 heteroatoms. The molecule has 0 bridgehead atoms. The van der Waals surface area contributed by atoms with Crippen molar-refractivity contribution in [3.63, 3.8) is 0 Å². The Bertz CT molecular complexity index is 324. The lowest BCUT2D eigenvalue weighted by molar-refractivity contribution is 0.261. The molecule has 0 atom stereocenters. The average Bonchev–Trinajstić information content (AvgIpc) is 2.20. The maximum absolute atomic E-state index is 6.50. The van der Waals surface area contributed by atoms with Crippen LogP contribution in [0.15, 0.2) is 11.8 Å². The second kappa shape index (κ2) is 5.03. The molecule has 0 aromatic heterocycles. The minimum atomic E-state index is -1.70.